The minimum Gasteiger partial charge on any atom is -0.326 e. The standard InChI is InChI=1S/C22H23N5O2/c1-13-7-5-8-14(2)20(13)27-22-23-15(3)11-19(26-22)21(29)25-18-10-6-9-17(12-18)24-16(4)28/h5-12H,1-4H3,(H,24,28)(H,25,29)(H,23,26,27). The smallest absolute Gasteiger partial charge is 0.274 e. The molecule has 1 heterocycles. The Bertz CT molecular complexity index is 1060. The van der Waals surface area contributed by atoms with E-state index in [0.29, 0.717) is 23.0 Å². The molecule has 3 rings (SSSR count). The molecule has 0 atom stereocenters. The number of hydrogen-bond donors (Lipinski definition) is 3. The zero-order valence-electron chi connectivity index (χ0n) is 16.8. The number of nitrogens with zero attached hydrogens (tertiary/aromatic N) is 2. The van der Waals surface area contributed by atoms with Crippen LogP contribution in [0.3, 0.4) is 0 Å². The van der Waals surface area contributed by atoms with E-state index in [0.717, 1.165) is 16.8 Å². The van der Waals surface area contributed by atoms with Crippen LogP contribution >= 0.6 is 0 Å². The normalized spacial score (nSPS) is 10.3. The lowest BCUT2D eigenvalue weighted by Gasteiger charge is -2.13. The van der Waals surface area contributed by atoms with Crippen molar-refractivity contribution in [2.24, 2.45) is 0 Å². The minimum atomic E-state index is -0.361. The molecule has 0 aliphatic carbocycles. The van der Waals surface area contributed by atoms with Gasteiger partial charge in [0.2, 0.25) is 11.9 Å². The number of nitrogens with one attached hydrogen (secondary N) is 3. The van der Waals surface area contributed by atoms with Crippen molar-refractivity contribution in [2.75, 3.05) is 16.0 Å². The summed E-state index contributed by atoms with van der Waals surface area (Å²) in [6, 6.07) is 14.5. The summed E-state index contributed by atoms with van der Waals surface area (Å²) in [7, 11) is 0. The van der Waals surface area contributed by atoms with Crippen molar-refractivity contribution in [3.8, 4) is 0 Å². The molecule has 0 saturated heterocycles. The Morgan fingerprint density at radius 3 is 2.10 bits per heavy atom. The first-order chi connectivity index (χ1) is 13.8. The second kappa shape index (κ2) is 8.52. The van der Waals surface area contributed by atoms with Gasteiger partial charge in [-0.2, -0.15) is 0 Å². The van der Waals surface area contributed by atoms with Crippen molar-refractivity contribution in [1.29, 1.82) is 0 Å². The molecule has 1 aromatic heterocycles. The third-order valence-electron chi connectivity index (χ3n) is 4.25. The molecule has 0 aliphatic rings. The van der Waals surface area contributed by atoms with Crippen molar-refractivity contribution >= 4 is 34.8 Å². The first kappa shape index (κ1) is 20.0. The molecule has 0 fully saturated rings. The zero-order valence-corrected chi connectivity index (χ0v) is 16.8. The Hall–Kier alpha value is -3.74. The van der Waals surface area contributed by atoms with Crippen LogP contribution in [0.4, 0.5) is 23.0 Å². The number of amides is 2. The van der Waals surface area contributed by atoms with E-state index in [1.165, 1.54) is 6.92 Å². The lowest BCUT2D eigenvalue weighted by Crippen LogP contribution is -2.16. The van der Waals surface area contributed by atoms with Crippen LogP contribution in [0.15, 0.2) is 48.5 Å². The fraction of sp³-hybridized carbons (Fsp3) is 0.182. The van der Waals surface area contributed by atoms with Gasteiger partial charge in [0.15, 0.2) is 0 Å². The summed E-state index contributed by atoms with van der Waals surface area (Å²) in [5, 5.41) is 8.71. The summed E-state index contributed by atoms with van der Waals surface area (Å²) in [5.74, 6) is -0.179. The van der Waals surface area contributed by atoms with Gasteiger partial charge in [0.1, 0.15) is 5.69 Å². The van der Waals surface area contributed by atoms with Crippen molar-refractivity contribution < 1.29 is 9.59 Å². The average Bonchev–Trinajstić information content (AvgIpc) is 2.64. The van der Waals surface area contributed by atoms with Crippen LogP contribution in [0, 0.1) is 20.8 Å². The van der Waals surface area contributed by atoms with Crippen molar-refractivity contribution in [3.63, 3.8) is 0 Å². The van der Waals surface area contributed by atoms with E-state index in [1.807, 2.05) is 39.0 Å². The molecule has 3 N–H and O–H groups in total. The molecule has 0 unspecified atom stereocenters. The maximum absolute atomic E-state index is 12.7. The van der Waals surface area contributed by atoms with E-state index in [2.05, 4.69) is 25.9 Å². The van der Waals surface area contributed by atoms with Gasteiger partial charge in [-0.3, -0.25) is 9.59 Å². The maximum atomic E-state index is 12.7. The van der Waals surface area contributed by atoms with Crippen LogP contribution in [-0.4, -0.2) is 21.8 Å². The second-order valence-corrected chi connectivity index (χ2v) is 6.83. The van der Waals surface area contributed by atoms with Crippen molar-refractivity contribution in [1.82, 2.24) is 9.97 Å². The molecule has 0 spiro atoms. The number of anilines is 4. The summed E-state index contributed by atoms with van der Waals surface area (Å²) in [6.07, 6.45) is 0. The van der Waals surface area contributed by atoms with Crippen molar-refractivity contribution in [3.05, 3.63) is 71.0 Å². The Morgan fingerprint density at radius 2 is 1.45 bits per heavy atom. The van der Waals surface area contributed by atoms with E-state index in [9.17, 15) is 9.59 Å². The van der Waals surface area contributed by atoms with Gasteiger partial charge in [-0.05, 0) is 56.2 Å². The SMILES string of the molecule is CC(=O)Nc1cccc(NC(=O)c2cc(C)nc(Nc3c(C)cccc3C)n2)c1. The molecular weight excluding hydrogens is 366 g/mol. The molecule has 0 aliphatic heterocycles. The van der Waals surface area contributed by atoms with E-state index in [1.54, 1.807) is 30.3 Å². The Kier molecular flexibility index (Phi) is 5.87. The average molecular weight is 389 g/mol. The lowest BCUT2D eigenvalue weighted by atomic mass is 10.1. The van der Waals surface area contributed by atoms with Crippen LogP contribution in [0.2, 0.25) is 0 Å². The largest absolute Gasteiger partial charge is 0.326 e. The fourth-order valence-electron chi connectivity index (χ4n) is 2.94. The lowest BCUT2D eigenvalue weighted by molar-refractivity contribution is -0.114. The number of hydrogen-bond acceptors (Lipinski definition) is 5. The van der Waals surface area contributed by atoms with Gasteiger partial charge >= 0.3 is 0 Å². The van der Waals surface area contributed by atoms with Crippen LogP contribution in [0.25, 0.3) is 0 Å². The molecule has 29 heavy (non-hydrogen) atoms. The number of aromatic nitrogens is 2. The minimum absolute atomic E-state index is 0.179. The molecule has 2 aromatic carbocycles. The van der Waals surface area contributed by atoms with E-state index in [-0.39, 0.29) is 17.5 Å². The molecule has 3 aromatic rings. The van der Waals surface area contributed by atoms with Crippen LogP contribution < -0.4 is 16.0 Å². The van der Waals surface area contributed by atoms with Crippen LogP contribution in [0.1, 0.15) is 34.2 Å². The molecule has 7 nitrogen and oxygen atoms in total. The number of carbonyl (C=O) groups is 2. The van der Waals surface area contributed by atoms with Gasteiger partial charge in [-0.15, -0.1) is 0 Å². The predicted octanol–water partition coefficient (Wildman–Crippen LogP) is 4.36. The highest BCUT2D eigenvalue weighted by atomic mass is 16.2. The summed E-state index contributed by atoms with van der Waals surface area (Å²) in [6.45, 7) is 7.24. The number of para-hydroxylation sites is 1. The predicted molar refractivity (Wildman–Crippen MR) is 115 cm³/mol. The maximum Gasteiger partial charge on any atom is 0.274 e. The monoisotopic (exact) mass is 389 g/mol. The van der Waals surface area contributed by atoms with Gasteiger partial charge in [0, 0.05) is 29.7 Å². The number of rotatable bonds is 5. The highest BCUT2D eigenvalue weighted by Gasteiger charge is 2.13. The molecule has 7 heteroatoms. The molecule has 0 saturated carbocycles. The summed E-state index contributed by atoms with van der Waals surface area (Å²) < 4.78 is 0. The zero-order chi connectivity index (χ0) is 21.0. The number of carbonyl (C=O) groups excluding carboxylic acids is 2. The highest BCUT2D eigenvalue weighted by Crippen LogP contribution is 2.23. The quantitative estimate of drug-likeness (QED) is 0.603. The van der Waals surface area contributed by atoms with E-state index in [4.69, 9.17) is 0 Å². The van der Waals surface area contributed by atoms with Gasteiger partial charge in [0.05, 0.1) is 0 Å². The Morgan fingerprint density at radius 1 is 0.828 bits per heavy atom. The van der Waals surface area contributed by atoms with Gasteiger partial charge < -0.3 is 16.0 Å². The molecule has 0 bridgehead atoms. The second-order valence-electron chi connectivity index (χ2n) is 6.83. The third-order valence-corrected chi connectivity index (χ3v) is 4.25. The Labute approximate surface area is 169 Å². The fourth-order valence-corrected chi connectivity index (χ4v) is 2.94. The van der Waals surface area contributed by atoms with E-state index < -0.39 is 0 Å². The molecular formula is C22H23N5O2. The molecule has 2 amide bonds. The number of benzene rings is 2. The molecule has 148 valence electrons. The summed E-state index contributed by atoms with van der Waals surface area (Å²) in [4.78, 5) is 32.7. The Balaban J connectivity index is 1.82. The first-order valence-electron chi connectivity index (χ1n) is 9.20. The van der Waals surface area contributed by atoms with Gasteiger partial charge in [-0.1, -0.05) is 24.3 Å². The summed E-state index contributed by atoms with van der Waals surface area (Å²) >= 11 is 0. The van der Waals surface area contributed by atoms with Crippen LogP contribution in [-0.2, 0) is 4.79 Å². The van der Waals surface area contributed by atoms with E-state index >= 15 is 0 Å². The van der Waals surface area contributed by atoms with Crippen LogP contribution in [0.5, 0.6) is 0 Å². The van der Waals surface area contributed by atoms with Gasteiger partial charge in [-0.25, -0.2) is 9.97 Å². The topological polar surface area (TPSA) is 96.0 Å². The van der Waals surface area contributed by atoms with Gasteiger partial charge in [0.25, 0.3) is 5.91 Å². The highest BCUT2D eigenvalue weighted by molar-refractivity contribution is 6.03. The van der Waals surface area contributed by atoms with Crippen molar-refractivity contribution in [2.45, 2.75) is 27.7 Å². The molecule has 0 radical (unpaired) electrons. The third kappa shape index (κ3) is 5.16. The number of aryl methyl sites for hydroxylation is 3. The first-order valence-corrected chi connectivity index (χ1v) is 9.20. The summed E-state index contributed by atoms with van der Waals surface area (Å²) in [5.41, 5.74) is 5.13.